The average Bonchev–Trinajstić information content (AvgIpc) is 3.17. The highest BCUT2D eigenvalue weighted by Crippen LogP contribution is 2.47. The summed E-state index contributed by atoms with van der Waals surface area (Å²) in [7, 11) is 0. The van der Waals surface area contributed by atoms with Gasteiger partial charge in [0.15, 0.2) is 0 Å². The molecule has 106 valence electrons. The zero-order chi connectivity index (χ0) is 15.0. The molecule has 0 saturated heterocycles. The molecule has 1 aliphatic carbocycles. The summed E-state index contributed by atoms with van der Waals surface area (Å²) in [4.78, 5) is 0. The van der Waals surface area contributed by atoms with Crippen molar-refractivity contribution in [2.45, 2.75) is 33.1 Å². The van der Waals surface area contributed by atoms with E-state index in [1.54, 1.807) is 13.0 Å². The van der Waals surface area contributed by atoms with Crippen molar-refractivity contribution in [2.24, 2.45) is 5.92 Å². The second kappa shape index (κ2) is 5.37. The zero-order valence-corrected chi connectivity index (χ0v) is 12.7. The van der Waals surface area contributed by atoms with Crippen LogP contribution in [0.1, 0.15) is 47.1 Å². The molecule has 1 saturated carbocycles. The zero-order valence-electron chi connectivity index (χ0n) is 12.7. The Kier molecular flexibility index (Phi) is 3.55. The van der Waals surface area contributed by atoms with Crippen LogP contribution < -0.4 is 0 Å². The minimum Gasteiger partial charge on any atom is -0.207 e. The molecule has 2 aromatic rings. The molecule has 21 heavy (non-hydrogen) atoms. The number of rotatable bonds is 1. The molecule has 1 heteroatoms. The number of hydrogen-bond acceptors (Lipinski definition) is 0. The predicted molar refractivity (Wildman–Crippen MR) is 84.8 cm³/mol. The number of hydrogen-bond donors (Lipinski definition) is 0. The third kappa shape index (κ3) is 3.00. The Morgan fingerprint density at radius 3 is 2.14 bits per heavy atom. The fourth-order valence-electron chi connectivity index (χ4n) is 2.74. The molecule has 3 rings (SSSR count). The SMILES string of the molecule is Cc1ccc(C#Cc2ccc(C3CC3C)c(C)c2)cc1F. The van der Waals surface area contributed by atoms with Gasteiger partial charge in [0.05, 0.1) is 0 Å². The van der Waals surface area contributed by atoms with Crippen molar-refractivity contribution in [1.29, 1.82) is 0 Å². The van der Waals surface area contributed by atoms with Gasteiger partial charge in [-0.05, 0) is 73.1 Å². The van der Waals surface area contributed by atoms with E-state index < -0.39 is 0 Å². The first-order valence-corrected chi connectivity index (χ1v) is 7.43. The summed E-state index contributed by atoms with van der Waals surface area (Å²) in [5.41, 5.74) is 5.13. The van der Waals surface area contributed by atoms with Crippen LogP contribution in [-0.4, -0.2) is 0 Å². The minimum atomic E-state index is -0.198. The molecular weight excluding hydrogens is 259 g/mol. The van der Waals surface area contributed by atoms with E-state index >= 15 is 0 Å². The first-order chi connectivity index (χ1) is 10.0. The lowest BCUT2D eigenvalue weighted by Gasteiger charge is -2.04. The van der Waals surface area contributed by atoms with E-state index in [1.165, 1.54) is 23.6 Å². The van der Waals surface area contributed by atoms with Crippen LogP contribution in [0.25, 0.3) is 0 Å². The van der Waals surface area contributed by atoms with Gasteiger partial charge in [0, 0.05) is 11.1 Å². The molecule has 0 spiro atoms. The maximum Gasteiger partial charge on any atom is 0.127 e. The molecule has 2 unspecified atom stereocenters. The number of benzene rings is 2. The van der Waals surface area contributed by atoms with Crippen molar-refractivity contribution in [3.63, 3.8) is 0 Å². The van der Waals surface area contributed by atoms with Crippen LogP contribution in [0.15, 0.2) is 36.4 Å². The smallest absolute Gasteiger partial charge is 0.127 e. The summed E-state index contributed by atoms with van der Waals surface area (Å²) in [6.07, 6.45) is 1.30. The number of aryl methyl sites for hydroxylation is 2. The maximum atomic E-state index is 13.5. The van der Waals surface area contributed by atoms with Crippen molar-refractivity contribution in [1.82, 2.24) is 0 Å². The largest absolute Gasteiger partial charge is 0.207 e. The second-order valence-electron chi connectivity index (χ2n) is 6.10. The molecule has 0 N–H and O–H groups in total. The van der Waals surface area contributed by atoms with Gasteiger partial charge < -0.3 is 0 Å². The molecule has 0 heterocycles. The summed E-state index contributed by atoms with van der Waals surface area (Å²) < 4.78 is 13.5. The molecule has 1 aliphatic rings. The van der Waals surface area contributed by atoms with E-state index in [1.807, 2.05) is 6.07 Å². The molecule has 2 atom stereocenters. The van der Waals surface area contributed by atoms with Crippen LogP contribution in [0.3, 0.4) is 0 Å². The first-order valence-electron chi connectivity index (χ1n) is 7.43. The summed E-state index contributed by atoms with van der Waals surface area (Å²) in [5.74, 6) is 7.52. The summed E-state index contributed by atoms with van der Waals surface area (Å²) >= 11 is 0. The molecule has 0 aliphatic heterocycles. The van der Waals surface area contributed by atoms with Crippen molar-refractivity contribution >= 4 is 0 Å². The van der Waals surface area contributed by atoms with E-state index in [0.29, 0.717) is 5.56 Å². The molecule has 1 fully saturated rings. The van der Waals surface area contributed by atoms with Gasteiger partial charge in [-0.2, -0.15) is 0 Å². The fourth-order valence-corrected chi connectivity index (χ4v) is 2.74. The van der Waals surface area contributed by atoms with Gasteiger partial charge in [-0.25, -0.2) is 4.39 Å². The van der Waals surface area contributed by atoms with Crippen molar-refractivity contribution in [3.05, 3.63) is 70.0 Å². The Balaban J connectivity index is 1.84. The van der Waals surface area contributed by atoms with Gasteiger partial charge in [0.25, 0.3) is 0 Å². The molecule has 0 amide bonds. The summed E-state index contributed by atoms with van der Waals surface area (Å²) in [6.45, 7) is 6.20. The van der Waals surface area contributed by atoms with Crippen molar-refractivity contribution in [2.75, 3.05) is 0 Å². The van der Waals surface area contributed by atoms with Gasteiger partial charge in [0.2, 0.25) is 0 Å². The van der Waals surface area contributed by atoms with E-state index in [4.69, 9.17) is 0 Å². The third-order valence-electron chi connectivity index (χ3n) is 4.30. The Morgan fingerprint density at radius 1 is 0.952 bits per heavy atom. The quantitative estimate of drug-likeness (QED) is 0.646. The van der Waals surface area contributed by atoms with Crippen LogP contribution in [-0.2, 0) is 0 Å². The Labute approximate surface area is 126 Å². The van der Waals surface area contributed by atoms with Gasteiger partial charge in [-0.1, -0.05) is 30.9 Å². The van der Waals surface area contributed by atoms with Gasteiger partial charge >= 0.3 is 0 Å². The Hall–Kier alpha value is -2.07. The van der Waals surface area contributed by atoms with Crippen LogP contribution in [0.4, 0.5) is 4.39 Å². The Morgan fingerprint density at radius 2 is 1.57 bits per heavy atom. The van der Waals surface area contributed by atoms with Crippen LogP contribution in [0.5, 0.6) is 0 Å². The van der Waals surface area contributed by atoms with E-state index in [9.17, 15) is 4.39 Å². The molecular formula is C20H19F. The lowest BCUT2D eigenvalue weighted by atomic mass is 10.0. The Bertz CT molecular complexity index is 746. The van der Waals surface area contributed by atoms with E-state index in [0.717, 1.165) is 23.0 Å². The molecule has 0 radical (unpaired) electrons. The summed E-state index contributed by atoms with van der Waals surface area (Å²) in [5, 5.41) is 0. The maximum absolute atomic E-state index is 13.5. The minimum absolute atomic E-state index is 0.198. The lowest BCUT2D eigenvalue weighted by molar-refractivity contribution is 0.618. The molecule has 0 aromatic heterocycles. The highest BCUT2D eigenvalue weighted by atomic mass is 19.1. The first kappa shape index (κ1) is 13.9. The van der Waals surface area contributed by atoms with E-state index in [-0.39, 0.29) is 5.82 Å². The highest BCUT2D eigenvalue weighted by Gasteiger charge is 2.34. The van der Waals surface area contributed by atoms with Gasteiger partial charge in [0.1, 0.15) is 5.82 Å². The topological polar surface area (TPSA) is 0 Å². The molecule has 0 nitrogen and oxygen atoms in total. The van der Waals surface area contributed by atoms with Crippen LogP contribution in [0, 0.1) is 37.4 Å². The van der Waals surface area contributed by atoms with Crippen molar-refractivity contribution < 1.29 is 4.39 Å². The number of halogens is 1. The lowest BCUT2D eigenvalue weighted by Crippen LogP contribution is -1.89. The standard InChI is InChI=1S/C20H19F/c1-13-4-5-17(12-20(13)21)7-6-16-8-9-18(14(2)10-16)19-11-15(19)3/h4-5,8-10,12,15,19H,11H2,1-3H3. The van der Waals surface area contributed by atoms with Crippen molar-refractivity contribution in [3.8, 4) is 11.8 Å². The van der Waals surface area contributed by atoms with Gasteiger partial charge in [-0.3, -0.25) is 0 Å². The average molecular weight is 278 g/mol. The van der Waals surface area contributed by atoms with E-state index in [2.05, 4.69) is 43.9 Å². The highest BCUT2D eigenvalue weighted by molar-refractivity contribution is 5.47. The molecule has 2 aromatic carbocycles. The third-order valence-corrected chi connectivity index (χ3v) is 4.30. The second-order valence-corrected chi connectivity index (χ2v) is 6.10. The van der Waals surface area contributed by atoms with Crippen LogP contribution >= 0.6 is 0 Å². The molecule has 0 bridgehead atoms. The van der Waals surface area contributed by atoms with Crippen LogP contribution in [0.2, 0.25) is 0 Å². The monoisotopic (exact) mass is 278 g/mol. The fraction of sp³-hybridized carbons (Fsp3) is 0.300. The predicted octanol–water partition coefficient (Wildman–Crippen LogP) is 4.97. The summed E-state index contributed by atoms with van der Waals surface area (Å²) in [6, 6.07) is 11.5. The van der Waals surface area contributed by atoms with Gasteiger partial charge in [-0.15, -0.1) is 0 Å². The normalized spacial score (nSPS) is 19.8.